The number of nitro groups is 1. The fourth-order valence-corrected chi connectivity index (χ4v) is 3.28. The van der Waals surface area contributed by atoms with Crippen LogP contribution < -0.4 is 9.80 Å². The van der Waals surface area contributed by atoms with Crippen molar-refractivity contribution in [2.75, 3.05) is 36.0 Å². The van der Waals surface area contributed by atoms with E-state index in [0.29, 0.717) is 5.56 Å². The van der Waals surface area contributed by atoms with E-state index in [0.717, 1.165) is 43.4 Å². The van der Waals surface area contributed by atoms with Gasteiger partial charge in [0, 0.05) is 55.3 Å². The topological polar surface area (TPSA) is 82.7 Å². The van der Waals surface area contributed by atoms with E-state index in [9.17, 15) is 15.2 Å². The number of nitro benzene ring substituents is 1. The normalized spacial score (nSPS) is 14.7. The van der Waals surface area contributed by atoms with E-state index in [1.54, 1.807) is 6.07 Å². The van der Waals surface area contributed by atoms with Crippen LogP contribution in [0.2, 0.25) is 0 Å². The lowest BCUT2D eigenvalue weighted by Crippen LogP contribution is -2.47. The molecule has 0 amide bonds. The molecule has 2 aromatic rings. The van der Waals surface area contributed by atoms with Crippen molar-refractivity contribution in [2.24, 2.45) is 0 Å². The number of aliphatic hydroxyl groups is 1. The van der Waals surface area contributed by atoms with Crippen LogP contribution in [0.15, 0.2) is 30.3 Å². The van der Waals surface area contributed by atoms with Crippen molar-refractivity contribution >= 4 is 17.2 Å². The van der Waals surface area contributed by atoms with Crippen LogP contribution in [0.4, 0.5) is 17.2 Å². The molecule has 1 N–H and O–H groups in total. The molecule has 0 saturated carbocycles. The van der Waals surface area contributed by atoms with Gasteiger partial charge >= 0.3 is 0 Å². The maximum atomic E-state index is 10.9. The number of benzene rings is 1. The summed E-state index contributed by atoms with van der Waals surface area (Å²) in [5.41, 5.74) is 3.66. The molecule has 0 atom stereocenters. The summed E-state index contributed by atoms with van der Waals surface area (Å²) in [6.45, 7) is 7.04. The molecule has 0 spiro atoms. The molecular weight excluding hydrogens is 320 g/mol. The van der Waals surface area contributed by atoms with Crippen molar-refractivity contribution in [1.82, 2.24) is 4.98 Å². The Labute approximate surface area is 146 Å². The van der Waals surface area contributed by atoms with E-state index in [2.05, 4.69) is 33.8 Å². The number of rotatable bonds is 4. The van der Waals surface area contributed by atoms with Crippen molar-refractivity contribution in [3.8, 4) is 0 Å². The molecule has 1 saturated heterocycles. The Hall–Kier alpha value is -2.67. The Balaban J connectivity index is 1.75. The Kier molecular flexibility index (Phi) is 4.85. The van der Waals surface area contributed by atoms with E-state index in [1.165, 1.54) is 17.7 Å². The molecule has 1 aliphatic heterocycles. The molecular formula is C18H22N4O3. The van der Waals surface area contributed by atoms with Gasteiger partial charge in [-0.15, -0.1) is 0 Å². The van der Waals surface area contributed by atoms with E-state index in [-0.39, 0.29) is 12.3 Å². The van der Waals surface area contributed by atoms with E-state index >= 15 is 0 Å². The van der Waals surface area contributed by atoms with Crippen LogP contribution in [0.25, 0.3) is 0 Å². The number of piperazine rings is 1. The quantitative estimate of drug-likeness (QED) is 0.679. The fourth-order valence-electron chi connectivity index (χ4n) is 3.28. The van der Waals surface area contributed by atoms with Gasteiger partial charge in [-0.1, -0.05) is 0 Å². The molecule has 3 rings (SSSR count). The second kappa shape index (κ2) is 7.06. The maximum absolute atomic E-state index is 10.9. The number of non-ortho nitro benzene ring substituents is 1. The first-order valence-corrected chi connectivity index (χ1v) is 8.31. The first kappa shape index (κ1) is 17.2. The predicted molar refractivity (Wildman–Crippen MR) is 97.2 cm³/mol. The molecule has 1 aromatic heterocycles. The van der Waals surface area contributed by atoms with E-state index < -0.39 is 4.92 Å². The second-order valence-corrected chi connectivity index (χ2v) is 6.35. The average Bonchev–Trinajstić information content (AvgIpc) is 2.60. The van der Waals surface area contributed by atoms with Crippen LogP contribution in [-0.2, 0) is 6.61 Å². The van der Waals surface area contributed by atoms with Crippen LogP contribution in [-0.4, -0.2) is 41.2 Å². The zero-order valence-corrected chi connectivity index (χ0v) is 14.5. The van der Waals surface area contributed by atoms with Crippen molar-refractivity contribution in [3.05, 3.63) is 57.3 Å². The third kappa shape index (κ3) is 3.71. The minimum absolute atomic E-state index is 0.00544. The number of hydrogen-bond acceptors (Lipinski definition) is 6. The lowest BCUT2D eigenvalue weighted by Gasteiger charge is -2.37. The zero-order valence-electron chi connectivity index (χ0n) is 14.5. The summed E-state index contributed by atoms with van der Waals surface area (Å²) in [4.78, 5) is 19.5. The average molecular weight is 342 g/mol. The monoisotopic (exact) mass is 342 g/mol. The summed E-state index contributed by atoms with van der Waals surface area (Å²) in [7, 11) is 0. The fraction of sp³-hybridized carbons (Fsp3) is 0.389. The number of aliphatic hydroxyl groups excluding tert-OH is 1. The van der Waals surface area contributed by atoms with Gasteiger partial charge in [-0.2, -0.15) is 0 Å². The lowest BCUT2D eigenvalue weighted by atomic mass is 10.1. The van der Waals surface area contributed by atoms with Gasteiger partial charge in [0.25, 0.3) is 5.69 Å². The third-order valence-corrected chi connectivity index (χ3v) is 4.47. The van der Waals surface area contributed by atoms with Gasteiger partial charge in [-0.25, -0.2) is 4.98 Å². The van der Waals surface area contributed by atoms with E-state index in [1.807, 2.05) is 6.92 Å². The second-order valence-electron chi connectivity index (χ2n) is 6.35. The van der Waals surface area contributed by atoms with Gasteiger partial charge in [-0.05, 0) is 37.6 Å². The van der Waals surface area contributed by atoms with E-state index in [4.69, 9.17) is 0 Å². The summed E-state index contributed by atoms with van der Waals surface area (Å²) in [5, 5.41) is 20.5. The third-order valence-electron chi connectivity index (χ3n) is 4.47. The smallest absolute Gasteiger partial charge is 0.269 e. The van der Waals surface area contributed by atoms with Crippen LogP contribution in [0.3, 0.4) is 0 Å². The van der Waals surface area contributed by atoms with Gasteiger partial charge in [-0.3, -0.25) is 10.1 Å². The Morgan fingerprint density at radius 1 is 1.12 bits per heavy atom. The standard InChI is InChI=1S/C18H22N4O3/c1-13-9-14(2)19-18(10-13)21-7-5-20(6-8-21)17-4-3-16(22(24)25)11-15(17)12-23/h3-4,9-11,23H,5-8,12H2,1-2H3. The van der Waals surface area contributed by atoms with Gasteiger partial charge in [0.2, 0.25) is 0 Å². The molecule has 0 radical (unpaired) electrons. The van der Waals surface area contributed by atoms with Crippen molar-refractivity contribution in [1.29, 1.82) is 0 Å². The number of nitrogens with zero attached hydrogens (tertiary/aromatic N) is 4. The molecule has 0 bridgehead atoms. The Bertz CT molecular complexity index is 766. The number of pyridine rings is 1. The molecule has 2 heterocycles. The van der Waals surface area contributed by atoms with Gasteiger partial charge < -0.3 is 14.9 Å². The number of hydrogen-bond donors (Lipinski definition) is 1. The highest BCUT2D eigenvalue weighted by Gasteiger charge is 2.21. The molecule has 0 unspecified atom stereocenters. The molecule has 1 aliphatic rings. The molecule has 132 valence electrons. The highest BCUT2D eigenvalue weighted by Crippen LogP contribution is 2.27. The number of aryl methyl sites for hydroxylation is 2. The van der Waals surface area contributed by atoms with Gasteiger partial charge in [0.1, 0.15) is 5.82 Å². The minimum Gasteiger partial charge on any atom is -0.392 e. The predicted octanol–water partition coefficient (Wildman–Crippen LogP) is 2.43. The highest BCUT2D eigenvalue weighted by molar-refractivity contribution is 5.59. The largest absolute Gasteiger partial charge is 0.392 e. The summed E-state index contributed by atoms with van der Waals surface area (Å²) in [6.07, 6.45) is 0. The number of aromatic nitrogens is 1. The van der Waals surface area contributed by atoms with Crippen LogP contribution in [0.5, 0.6) is 0 Å². The SMILES string of the molecule is Cc1cc(C)nc(N2CCN(c3ccc([N+](=O)[O-])cc3CO)CC2)c1. The molecule has 1 aromatic carbocycles. The van der Waals surface area contributed by atoms with Gasteiger partial charge in [0.15, 0.2) is 0 Å². The summed E-state index contributed by atoms with van der Waals surface area (Å²) in [6, 6.07) is 8.83. The molecule has 7 nitrogen and oxygen atoms in total. The first-order chi connectivity index (χ1) is 12.0. The minimum atomic E-state index is -0.438. The van der Waals surface area contributed by atoms with Crippen LogP contribution in [0.1, 0.15) is 16.8 Å². The summed E-state index contributed by atoms with van der Waals surface area (Å²) >= 11 is 0. The Morgan fingerprint density at radius 2 is 1.80 bits per heavy atom. The molecule has 7 heteroatoms. The Morgan fingerprint density at radius 3 is 2.40 bits per heavy atom. The zero-order chi connectivity index (χ0) is 18.0. The van der Waals surface area contributed by atoms with Crippen LogP contribution >= 0.6 is 0 Å². The molecule has 25 heavy (non-hydrogen) atoms. The lowest BCUT2D eigenvalue weighted by molar-refractivity contribution is -0.384. The van der Waals surface area contributed by atoms with Gasteiger partial charge in [0.05, 0.1) is 11.5 Å². The summed E-state index contributed by atoms with van der Waals surface area (Å²) in [5.74, 6) is 0.989. The molecule has 0 aliphatic carbocycles. The number of anilines is 2. The first-order valence-electron chi connectivity index (χ1n) is 8.31. The van der Waals surface area contributed by atoms with Crippen molar-refractivity contribution in [2.45, 2.75) is 20.5 Å². The highest BCUT2D eigenvalue weighted by atomic mass is 16.6. The van der Waals surface area contributed by atoms with Crippen molar-refractivity contribution < 1.29 is 10.0 Å². The van der Waals surface area contributed by atoms with Crippen LogP contribution in [0, 0.1) is 24.0 Å². The van der Waals surface area contributed by atoms with Crippen molar-refractivity contribution in [3.63, 3.8) is 0 Å². The maximum Gasteiger partial charge on any atom is 0.269 e. The summed E-state index contributed by atoms with van der Waals surface area (Å²) < 4.78 is 0. The molecule has 1 fully saturated rings.